The van der Waals surface area contributed by atoms with Gasteiger partial charge in [-0.1, -0.05) is 66.7 Å². The summed E-state index contributed by atoms with van der Waals surface area (Å²) in [4.78, 5) is 4.19. The zero-order valence-electron chi connectivity index (χ0n) is 17.0. The Bertz CT molecular complexity index is 1060. The van der Waals surface area contributed by atoms with Gasteiger partial charge in [-0.3, -0.25) is 4.98 Å². The van der Waals surface area contributed by atoms with Crippen LogP contribution in [0.4, 0.5) is 0 Å². The van der Waals surface area contributed by atoms with Gasteiger partial charge >= 0.3 is 0 Å². The van der Waals surface area contributed by atoms with Gasteiger partial charge in [0, 0.05) is 6.07 Å². The monoisotopic (exact) mass is 409 g/mol. The van der Waals surface area contributed by atoms with Gasteiger partial charge in [0.25, 0.3) is 0 Å². The molecule has 0 aliphatic heterocycles. The van der Waals surface area contributed by atoms with E-state index < -0.39 is 0 Å². The van der Waals surface area contributed by atoms with E-state index in [1.54, 1.807) is 12.1 Å². The van der Waals surface area contributed by atoms with Gasteiger partial charge in [-0.05, 0) is 47.0 Å². The molecule has 3 aromatic carbocycles. The second-order valence-electron chi connectivity index (χ2n) is 7.06. The number of hydrogen-bond acceptors (Lipinski definition) is 4. The first-order chi connectivity index (χ1) is 15.2. The van der Waals surface area contributed by atoms with Crippen LogP contribution in [-0.4, -0.2) is 10.1 Å². The van der Waals surface area contributed by atoms with Gasteiger partial charge in [-0.25, -0.2) is 0 Å². The van der Waals surface area contributed by atoms with E-state index in [4.69, 9.17) is 9.47 Å². The van der Waals surface area contributed by atoms with Gasteiger partial charge in [0.2, 0.25) is 0 Å². The zero-order valence-corrected chi connectivity index (χ0v) is 17.0. The van der Waals surface area contributed by atoms with Crippen molar-refractivity contribution >= 4 is 12.2 Å². The minimum atomic E-state index is 0.144. The molecule has 0 saturated carbocycles. The SMILES string of the molecule is Oc1ccc(/C=C/c2cc(OCc3ccccc3)cc(OCc3ccccc3)c2)nc1. The van der Waals surface area contributed by atoms with Crippen LogP contribution in [-0.2, 0) is 13.2 Å². The van der Waals surface area contributed by atoms with Crippen LogP contribution in [0.2, 0.25) is 0 Å². The molecular formula is C27H23NO3. The summed E-state index contributed by atoms with van der Waals surface area (Å²) < 4.78 is 12.1. The van der Waals surface area contributed by atoms with E-state index in [1.165, 1.54) is 6.20 Å². The van der Waals surface area contributed by atoms with Crippen molar-refractivity contribution in [3.63, 3.8) is 0 Å². The first-order valence-corrected chi connectivity index (χ1v) is 10.1. The highest BCUT2D eigenvalue weighted by atomic mass is 16.5. The molecule has 31 heavy (non-hydrogen) atoms. The van der Waals surface area contributed by atoms with Crippen LogP contribution in [0.3, 0.4) is 0 Å². The predicted octanol–water partition coefficient (Wildman–Crippen LogP) is 6.12. The van der Waals surface area contributed by atoms with Crippen LogP contribution in [0.25, 0.3) is 12.2 Å². The molecule has 154 valence electrons. The predicted molar refractivity (Wildman–Crippen MR) is 123 cm³/mol. The van der Waals surface area contributed by atoms with Crippen molar-refractivity contribution in [2.45, 2.75) is 13.2 Å². The molecule has 0 radical (unpaired) electrons. The zero-order chi connectivity index (χ0) is 21.3. The van der Waals surface area contributed by atoms with Crippen LogP contribution in [0.5, 0.6) is 17.2 Å². The molecule has 0 amide bonds. The van der Waals surface area contributed by atoms with Crippen molar-refractivity contribution in [3.8, 4) is 17.2 Å². The molecule has 0 fully saturated rings. The van der Waals surface area contributed by atoms with E-state index in [9.17, 15) is 5.11 Å². The smallest absolute Gasteiger partial charge is 0.133 e. The summed E-state index contributed by atoms with van der Waals surface area (Å²) in [6.45, 7) is 0.956. The van der Waals surface area contributed by atoms with E-state index in [-0.39, 0.29) is 5.75 Å². The van der Waals surface area contributed by atoms with Crippen molar-refractivity contribution in [3.05, 3.63) is 120 Å². The Morgan fingerprint density at radius 1 is 0.677 bits per heavy atom. The molecule has 1 N–H and O–H groups in total. The lowest BCUT2D eigenvalue weighted by molar-refractivity contribution is 0.290. The summed E-state index contributed by atoms with van der Waals surface area (Å²) in [5.74, 6) is 1.60. The summed E-state index contributed by atoms with van der Waals surface area (Å²) in [7, 11) is 0. The van der Waals surface area contributed by atoms with Gasteiger partial charge in [0.05, 0.1) is 11.9 Å². The molecule has 0 saturated heterocycles. The number of pyridine rings is 1. The second-order valence-corrected chi connectivity index (χ2v) is 7.06. The highest BCUT2D eigenvalue weighted by Gasteiger charge is 2.04. The summed E-state index contributed by atoms with van der Waals surface area (Å²) >= 11 is 0. The Kier molecular flexibility index (Phi) is 6.61. The third-order valence-electron chi connectivity index (χ3n) is 4.62. The molecule has 4 nitrogen and oxygen atoms in total. The second kappa shape index (κ2) is 10.1. The summed E-state index contributed by atoms with van der Waals surface area (Å²) in [6.07, 6.45) is 5.26. The number of aromatic hydroxyl groups is 1. The largest absolute Gasteiger partial charge is 0.506 e. The molecule has 0 aliphatic rings. The van der Waals surface area contributed by atoms with Crippen LogP contribution >= 0.6 is 0 Å². The molecule has 1 aromatic heterocycles. The third-order valence-corrected chi connectivity index (χ3v) is 4.62. The van der Waals surface area contributed by atoms with Crippen LogP contribution in [0.1, 0.15) is 22.4 Å². The van der Waals surface area contributed by atoms with E-state index in [2.05, 4.69) is 4.98 Å². The van der Waals surface area contributed by atoms with E-state index in [1.807, 2.05) is 91.0 Å². The number of nitrogens with zero attached hydrogens (tertiary/aromatic N) is 1. The minimum absolute atomic E-state index is 0.144. The standard InChI is InChI=1S/C27H23NO3/c29-25-14-13-24(28-18-25)12-11-23-15-26(30-19-21-7-3-1-4-8-21)17-27(16-23)31-20-22-9-5-2-6-10-22/h1-18,29H,19-20H2/b12-11+. The molecule has 4 rings (SSSR count). The molecule has 0 aliphatic carbocycles. The van der Waals surface area contributed by atoms with Crippen LogP contribution < -0.4 is 9.47 Å². The Labute approximate surface area is 182 Å². The van der Waals surface area contributed by atoms with E-state index in [0.717, 1.165) is 33.9 Å². The Morgan fingerprint density at radius 2 is 1.26 bits per heavy atom. The molecular weight excluding hydrogens is 386 g/mol. The maximum Gasteiger partial charge on any atom is 0.133 e. The van der Waals surface area contributed by atoms with Crippen molar-refractivity contribution < 1.29 is 14.6 Å². The minimum Gasteiger partial charge on any atom is -0.506 e. The molecule has 0 spiro atoms. The van der Waals surface area contributed by atoms with Gasteiger partial charge in [0.1, 0.15) is 30.5 Å². The Balaban J connectivity index is 1.53. The average Bonchev–Trinajstić information content (AvgIpc) is 2.82. The van der Waals surface area contributed by atoms with Crippen LogP contribution in [0.15, 0.2) is 97.2 Å². The molecule has 1 heterocycles. The molecule has 4 heteroatoms. The summed E-state index contributed by atoms with van der Waals surface area (Å²) in [6, 6.07) is 29.3. The van der Waals surface area contributed by atoms with Gasteiger partial charge < -0.3 is 14.6 Å². The fraction of sp³-hybridized carbons (Fsp3) is 0.0741. The number of rotatable bonds is 8. The highest BCUT2D eigenvalue weighted by molar-refractivity contribution is 5.69. The average molecular weight is 409 g/mol. The van der Waals surface area contributed by atoms with Crippen molar-refractivity contribution in [2.75, 3.05) is 0 Å². The van der Waals surface area contributed by atoms with Crippen molar-refractivity contribution in [1.82, 2.24) is 4.98 Å². The number of aromatic nitrogens is 1. The van der Waals surface area contributed by atoms with Crippen molar-refractivity contribution in [1.29, 1.82) is 0 Å². The number of benzene rings is 3. The summed E-state index contributed by atoms with van der Waals surface area (Å²) in [5, 5.41) is 9.40. The van der Waals surface area contributed by atoms with E-state index >= 15 is 0 Å². The first kappa shape index (κ1) is 20.2. The molecule has 0 unspecified atom stereocenters. The topological polar surface area (TPSA) is 51.6 Å². The lowest BCUT2D eigenvalue weighted by atomic mass is 10.1. The normalized spacial score (nSPS) is 10.8. The maximum absolute atomic E-state index is 9.40. The van der Waals surface area contributed by atoms with Gasteiger partial charge in [-0.15, -0.1) is 0 Å². The number of hydrogen-bond donors (Lipinski definition) is 1. The fourth-order valence-corrected chi connectivity index (χ4v) is 3.02. The van der Waals surface area contributed by atoms with Crippen LogP contribution in [0, 0.1) is 0 Å². The van der Waals surface area contributed by atoms with Crippen molar-refractivity contribution in [2.24, 2.45) is 0 Å². The maximum atomic E-state index is 9.40. The Morgan fingerprint density at radius 3 is 1.77 bits per heavy atom. The Hall–Kier alpha value is -4.05. The van der Waals surface area contributed by atoms with Gasteiger partial charge in [0.15, 0.2) is 0 Å². The van der Waals surface area contributed by atoms with E-state index in [0.29, 0.717) is 13.2 Å². The third kappa shape index (κ3) is 6.21. The highest BCUT2D eigenvalue weighted by Crippen LogP contribution is 2.26. The quantitative estimate of drug-likeness (QED) is 0.381. The first-order valence-electron chi connectivity index (χ1n) is 10.1. The van der Waals surface area contributed by atoms with Gasteiger partial charge in [-0.2, -0.15) is 0 Å². The molecule has 0 atom stereocenters. The molecule has 4 aromatic rings. The lowest BCUT2D eigenvalue weighted by Gasteiger charge is -2.12. The summed E-state index contributed by atoms with van der Waals surface area (Å²) in [5.41, 5.74) is 3.88. The fourth-order valence-electron chi connectivity index (χ4n) is 3.02. The molecule has 0 bridgehead atoms. The number of ether oxygens (including phenoxy) is 2. The lowest BCUT2D eigenvalue weighted by Crippen LogP contribution is -1.98.